The molecule has 1 heterocycles. The summed E-state index contributed by atoms with van der Waals surface area (Å²) >= 11 is 0. The van der Waals surface area contributed by atoms with Crippen molar-refractivity contribution in [1.29, 1.82) is 0 Å². The van der Waals surface area contributed by atoms with Crippen LogP contribution in [0.4, 0.5) is 0 Å². The summed E-state index contributed by atoms with van der Waals surface area (Å²) in [4.78, 5) is 0. The molecular weight excluding hydrogens is 260 g/mol. The van der Waals surface area contributed by atoms with Gasteiger partial charge in [-0.3, -0.25) is 0 Å². The third kappa shape index (κ3) is 4.72. The molecule has 1 saturated carbocycles. The molecule has 2 aliphatic rings. The van der Waals surface area contributed by atoms with Crippen molar-refractivity contribution in [3.8, 4) is 0 Å². The number of piperidine rings is 1. The molecule has 0 bridgehead atoms. The molecule has 0 aromatic rings. The molecule has 2 rings (SSSR count). The van der Waals surface area contributed by atoms with Crippen molar-refractivity contribution in [3.63, 3.8) is 0 Å². The van der Waals surface area contributed by atoms with Gasteiger partial charge in [0.1, 0.15) is 0 Å². The Labute approximate surface area is 118 Å². The predicted molar refractivity (Wildman–Crippen MR) is 78.6 cm³/mol. The Morgan fingerprint density at radius 1 is 1.00 bits per heavy atom. The van der Waals surface area contributed by atoms with Gasteiger partial charge in [-0.15, -0.1) is 0 Å². The second kappa shape index (κ2) is 7.04. The maximum absolute atomic E-state index is 12.4. The average molecular weight is 288 g/mol. The van der Waals surface area contributed by atoms with Gasteiger partial charge in [0, 0.05) is 13.6 Å². The van der Waals surface area contributed by atoms with Crippen molar-refractivity contribution < 1.29 is 8.42 Å². The zero-order valence-corrected chi connectivity index (χ0v) is 12.9. The van der Waals surface area contributed by atoms with Gasteiger partial charge >= 0.3 is 0 Å². The van der Waals surface area contributed by atoms with E-state index in [-0.39, 0.29) is 0 Å². The second-order valence-corrected chi connectivity index (χ2v) is 8.38. The Kier molecular flexibility index (Phi) is 5.66. The Morgan fingerprint density at radius 3 is 2.26 bits per heavy atom. The normalized spacial score (nSPS) is 23.9. The molecule has 0 unspecified atom stereocenters. The summed E-state index contributed by atoms with van der Waals surface area (Å²) in [6.07, 6.45) is 8.09. The van der Waals surface area contributed by atoms with Crippen LogP contribution in [-0.4, -0.2) is 45.2 Å². The van der Waals surface area contributed by atoms with Gasteiger partial charge in [-0.2, -0.15) is 0 Å². The third-order valence-corrected chi connectivity index (χ3v) is 6.61. The fourth-order valence-electron chi connectivity index (χ4n) is 3.32. The van der Waals surface area contributed by atoms with Crippen molar-refractivity contribution in [2.45, 2.75) is 44.9 Å². The van der Waals surface area contributed by atoms with Gasteiger partial charge in [0.25, 0.3) is 0 Å². The lowest BCUT2D eigenvalue weighted by atomic mass is 9.91. The minimum atomic E-state index is -3.05. The van der Waals surface area contributed by atoms with E-state index >= 15 is 0 Å². The smallest absolute Gasteiger partial charge is 0.214 e. The summed E-state index contributed by atoms with van der Waals surface area (Å²) in [6.45, 7) is 2.76. The number of rotatable bonds is 5. The minimum Gasteiger partial charge on any atom is -0.317 e. The molecule has 112 valence electrons. The molecule has 1 N–H and O–H groups in total. The van der Waals surface area contributed by atoms with Gasteiger partial charge in [0.2, 0.25) is 10.0 Å². The monoisotopic (exact) mass is 288 g/mol. The summed E-state index contributed by atoms with van der Waals surface area (Å²) in [5, 5.41) is 3.32. The lowest BCUT2D eigenvalue weighted by Gasteiger charge is -2.29. The van der Waals surface area contributed by atoms with Crippen LogP contribution >= 0.6 is 0 Å². The van der Waals surface area contributed by atoms with Crippen molar-refractivity contribution in [3.05, 3.63) is 0 Å². The topological polar surface area (TPSA) is 49.4 Å². The molecule has 0 radical (unpaired) electrons. The largest absolute Gasteiger partial charge is 0.317 e. The van der Waals surface area contributed by atoms with E-state index in [0.29, 0.717) is 24.1 Å². The molecule has 1 aliphatic heterocycles. The van der Waals surface area contributed by atoms with Crippen LogP contribution in [0.3, 0.4) is 0 Å². The SMILES string of the molecule is CN(CC1CCNCC1)S(=O)(=O)CC1CCCCC1. The number of hydrogen-bond donors (Lipinski definition) is 1. The molecule has 0 aromatic heterocycles. The average Bonchev–Trinajstić information content (AvgIpc) is 2.40. The molecule has 0 amide bonds. The van der Waals surface area contributed by atoms with E-state index in [4.69, 9.17) is 0 Å². The number of nitrogens with zero attached hydrogens (tertiary/aromatic N) is 1. The highest BCUT2D eigenvalue weighted by molar-refractivity contribution is 7.89. The Balaban J connectivity index is 1.83. The number of hydrogen-bond acceptors (Lipinski definition) is 3. The zero-order valence-electron chi connectivity index (χ0n) is 12.1. The molecule has 4 nitrogen and oxygen atoms in total. The van der Waals surface area contributed by atoms with Crippen LogP contribution in [0.15, 0.2) is 0 Å². The molecular formula is C14H28N2O2S. The van der Waals surface area contributed by atoms with E-state index in [1.54, 1.807) is 11.4 Å². The summed E-state index contributed by atoms with van der Waals surface area (Å²) in [5.74, 6) is 1.30. The molecule has 5 heteroatoms. The van der Waals surface area contributed by atoms with Crippen LogP contribution < -0.4 is 5.32 Å². The van der Waals surface area contributed by atoms with Crippen LogP contribution in [0, 0.1) is 11.8 Å². The summed E-state index contributed by atoms with van der Waals surface area (Å²) in [7, 11) is -1.28. The van der Waals surface area contributed by atoms with Crippen LogP contribution in [-0.2, 0) is 10.0 Å². The molecule has 2 fully saturated rings. The molecule has 1 saturated heterocycles. The highest BCUT2D eigenvalue weighted by Gasteiger charge is 2.27. The Morgan fingerprint density at radius 2 is 1.63 bits per heavy atom. The Bertz CT molecular complexity index is 358. The predicted octanol–water partition coefficient (Wildman–Crippen LogP) is 1.83. The fraction of sp³-hybridized carbons (Fsp3) is 1.00. The van der Waals surface area contributed by atoms with Gasteiger partial charge in [-0.1, -0.05) is 19.3 Å². The fourth-order valence-corrected chi connectivity index (χ4v) is 4.94. The van der Waals surface area contributed by atoms with Crippen molar-refractivity contribution in [1.82, 2.24) is 9.62 Å². The van der Waals surface area contributed by atoms with Gasteiger partial charge in [0.15, 0.2) is 0 Å². The highest BCUT2D eigenvalue weighted by Crippen LogP contribution is 2.26. The van der Waals surface area contributed by atoms with Gasteiger partial charge < -0.3 is 5.32 Å². The van der Waals surface area contributed by atoms with Crippen LogP contribution in [0.1, 0.15) is 44.9 Å². The highest BCUT2D eigenvalue weighted by atomic mass is 32.2. The van der Waals surface area contributed by atoms with E-state index in [0.717, 1.165) is 38.8 Å². The lowest BCUT2D eigenvalue weighted by molar-refractivity contribution is 0.307. The first-order valence-corrected chi connectivity index (χ1v) is 9.33. The maximum Gasteiger partial charge on any atom is 0.214 e. The Hall–Kier alpha value is -0.130. The van der Waals surface area contributed by atoms with E-state index in [2.05, 4.69) is 5.32 Å². The third-order valence-electron chi connectivity index (χ3n) is 4.62. The molecule has 19 heavy (non-hydrogen) atoms. The van der Waals surface area contributed by atoms with Gasteiger partial charge in [-0.05, 0) is 50.6 Å². The minimum absolute atomic E-state index is 0.370. The first-order chi connectivity index (χ1) is 9.08. The van der Waals surface area contributed by atoms with Gasteiger partial charge in [0.05, 0.1) is 5.75 Å². The molecule has 0 spiro atoms. The quantitative estimate of drug-likeness (QED) is 0.839. The van der Waals surface area contributed by atoms with Crippen molar-refractivity contribution in [2.75, 3.05) is 32.4 Å². The number of nitrogens with one attached hydrogen (secondary N) is 1. The summed E-state index contributed by atoms with van der Waals surface area (Å²) < 4.78 is 26.4. The maximum atomic E-state index is 12.4. The second-order valence-electron chi connectivity index (χ2n) is 6.26. The lowest BCUT2D eigenvalue weighted by Crippen LogP contribution is -2.39. The summed E-state index contributed by atoms with van der Waals surface area (Å²) in [5.41, 5.74) is 0. The molecule has 1 aliphatic carbocycles. The van der Waals surface area contributed by atoms with Crippen LogP contribution in [0.25, 0.3) is 0 Å². The van der Waals surface area contributed by atoms with Crippen LogP contribution in [0.2, 0.25) is 0 Å². The standard InChI is InChI=1S/C14H28N2O2S/c1-16(11-13-7-9-15-10-8-13)19(17,18)12-14-5-3-2-4-6-14/h13-15H,2-12H2,1H3. The van der Waals surface area contributed by atoms with Crippen LogP contribution in [0.5, 0.6) is 0 Å². The van der Waals surface area contributed by atoms with E-state index in [1.165, 1.54) is 19.3 Å². The zero-order chi connectivity index (χ0) is 13.7. The summed E-state index contributed by atoms with van der Waals surface area (Å²) in [6, 6.07) is 0. The first-order valence-electron chi connectivity index (χ1n) is 7.72. The first kappa shape index (κ1) is 15.3. The van der Waals surface area contributed by atoms with Gasteiger partial charge in [-0.25, -0.2) is 12.7 Å². The van der Waals surface area contributed by atoms with E-state index in [9.17, 15) is 8.42 Å². The molecule has 0 aromatic carbocycles. The van der Waals surface area contributed by atoms with E-state index in [1.807, 2.05) is 0 Å². The molecule has 0 atom stereocenters. The van der Waals surface area contributed by atoms with E-state index < -0.39 is 10.0 Å². The number of sulfonamides is 1. The van der Waals surface area contributed by atoms with Crippen molar-refractivity contribution in [2.24, 2.45) is 11.8 Å². The van der Waals surface area contributed by atoms with Crippen molar-refractivity contribution >= 4 is 10.0 Å².